The maximum Gasteiger partial charge on any atom is 0.246 e. The van der Waals surface area contributed by atoms with Gasteiger partial charge in [-0.3, -0.25) is 9.59 Å². The van der Waals surface area contributed by atoms with E-state index in [1.54, 1.807) is 4.90 Å². The Morgan fingerprint density at radius 2 is 2.14 bits per heavy atom. The average Bonchev–Trinajstić information content (AvgIpc) is 3.14. The lowest BCUT2D eigenvalue weighted by Gasteiger charge is -2.36. The predicted octanol–water partition coefficient (Wildman–Crippen LogP) is 1.23. The number of ether oxygens (including phenoxy) is 1. The van der Waals surface area contributed by atoms with Crippen molar-refractivity contribution in [2.45, 2.75) is 51.4 Å². The van der Waals surface area contributed by atoms with Crippen LogP contribution in [0.25, 0.3) is 0 Å². The van der Waals surface area contributed by atoms with Crippen molar-refractivity contribution in [2.24, 2.45) is 5.92 Å². The Bertz CT molecular complexity index is 724. The van der Waals surface area contributed by atoms with Gasteiger partial charge in [0.05, 0.1) is 0 Å². The zero-order valence-corrected chi connectivity index (χ0v) is 18.0. The number of carbonyl (C=O) groups is 2. The van der Waals surface area contributed by atoms with Crippen LogP contribution in [0.2, 0.25) is 0 Å². The number of nitrogens with one attached hydrogen (secondary N) is 2. The molecule has 2 aliphatic heterocycles. The van der Waals surface area contributed by atoms with E-state index in [1.165, 1.54) is 0 Å². The molecule has 3 rings (SSSR count). The van der Waals surface area contributed by atoms with Gasteiger partial charge in [0.25, 0.3) is 0 Å². The van der Waals surface area contributed by atoms with Crippen LogP contribution in [0.15, 0.2) is 24.3 Å². The zero-order chi connectivity index (χ0) is 21.0. The SMILES string of the molecule is CC[C@H](C)[C@@H]1NC(=O)[C@@H]2C[C@H](NCc3cccc(OCCN(C)C)c3)CN2C1=O. The second kappa shape index (κ2) is 9.59. The van der Waals surface area contributed by atoms with Crippen molar-refractivity contribution in [3.05, 3.63) is 29.8 Å². The maximum atomic E-state index is 12.8. The summed E-state index contributed by atoms with van der Waals surface area (Å²) in [5, 5.41) is 6.46. The van der Waals surface area contributed by atoms with Gasteiger partial charge in [-0.1, -0.05) is 32.4 Å². The summed E-state index contributed by atoms with van der Waals surface area (Å²) in [6.45, 7) is 6.85. The molecule has 2 saturated heterocycles. The molecule has 7 nitrogen and oxygen atoms in total. The fraction of sp³-hybridized carbons (Fsp3) is 0.636. The molecule has 1 aromatic rings. The van der Waals surface area contributed by atoms with Crippen molar-refractivity contribution in [3.8, 4) is 5.75 Å². The second-order valence-corrected chi connectivity index (χ2v) is 8.49. The molecule has 2 N–H and O–H groups in total. The van der Waals surface area contributed by atoms with E-state index in [-0.39, 0.29) is 29.8 Å². The third-order valence-corrected chi connectivity index (χ3v) is 5.96. The van der Waals surface area contributed by atoms with Crippen molar-refractivity contribution in [1.82, 2.24) is 20.4 Å². The molecule has 2 amide bonds. The molecule has 0 aliphatic carbocycles. The Balaban J connectivity index is 1.54. The van der Waals surface area contributed by atoms with Crippen LogP contribution in [0, 0.1) is 5.92 Å². The number of carbonyl (C=O) groups excluding carboxylic acids is 2. The summed E-state index contributed by atoms with van der Waals surface area (Å²) in [6.07, 6.45) is 1.52. The Kier molecular flexibility index (Phi) is 7.14. The van der Waals surface area contributed by atoms with Gasteiger partial charge >= 0.3 is 0 Å². The highest BCUT2D eigenvalue weighted by Crippen LogP contribution is 2.26. The Hall–Kier alpha value is -2.12. The van der Waals surface area contributed by atoms with E-state index >= 15 is 0 Å². The summed E-state index contributed by atoms with van der Waals surface area (Å²) in [7, 11) is 4.05. The number of benzene rings is 1. The largest absolute Gasteiger partial charge is 0.492 e. The molecule has 7 heteroatoms. The lowest BCUT2D eigenvalue weighted by Crippen LogP contribution is -2.62. The summed E-state index contributed by atoms with van der Waals surface area (Å²) in [6, 6.07) is 7.44. The minimum Gasteiger partial charge on any atom is -0.492 e. The van der Waals surface area contributed by atoms with Gasteiger partial charge in [0.2, 0.25) is 11.8 Å². The first-order valence-corrected chi connectivity index (χ1v) is 10.6. The zero-order valence-electron chi connectivity index (χ0n) is 18.0. The number of piperazine rings is 1. The van der Waals surface area contributed by atoms with E-state index in [0.29, 0.717) is 26.1 Å². The van der Waals surface area contributed by atoms with E-state index < -0.39 is 6.04 Å². The molecule has 1 aromatic carbocycles. The van der Waals surface area contributed by atoms with Crippen molar-refractivity contribution in [1.29, 1.82) is 0 Å². The normalized spacial score (nSPS) is 25.1. The molecule has 29 heavy (non-hydrogen) atoms. The molecule has 0 radical (unpaired) electrons. The first kappa shape index (κ1) is 21.6. The van der Waals surface area contributed by atoms with E-state index in [0.717, 1.165) is 24.3 Å². The quantitative estimate of drug-likeness (QED) is 0.650. The smallest absolute Gasteiger partial charge is 0.246 e. The number of hydrogen-bond acceptors (Lipinski definition) is 5. The maximum absolute atomic E-state index is 12.8. The van der Waals surface area contributed by atoms with Gasteiger partial charge in [-0.25, -0.2) is 0 Å². The van der Waals surface area contributed by atoms with E-state index in [4.69, 9.17) is 4.74 Å². The molecule has 0 unspecified atom stereocenters. The number of nitrogens with zero attached hydrogens (tertiary/aromatic N) is 2. The summed E-state index contributed by atoms with van der Waals surface area (Å²) in [5.41, 5.74) is 1.13. The van der Waals surface area contributed by atoms with Crippen LogP contribution in [0.1, 0.15) is 32.3 Å². The highest BCUT2D eigenvalue weighted by atomic mass is 16.5. The molecular weight excluding hydrogens is 368 g/mol. The second-order valence-electron chi connectivity index (χ2n) is 8.49. The van der Waals surface area contributed by atoms with Gasteiger partial charge in [0.1, 0.15) is 24.4 Å². The van der Waals surface area contributed by atoms with Gasteiger partial charge in [0, 0.05) is 25.7 Å². The third kappa shape index (κ3) is 5.28. The fourth-order valence-electron chi connectivity index (χ4n) is 3.94. The summed E-state index contributed by atoms with van der Waals surface area (Å²) in [5.74, 6) is 1.05. The number of hydrogen-bond donors (Lipinski definition) is 2. The van der Waals surface area contributed by atoms with E-state index in [1.807, 2.05) is 46.1 Å². The predicted molar refractivity (Wildman–Crippen MR) is 113 cm³/mol. The number of amides is 2. The highest BCUT2D eigenvalue weighted by Gasteiger charge is 2.47. The van der Waals surface area contributed by atoms with Crippen LogP contribution in [-0.2, 0) is 16.1 Å². The number of likely N-dealkylation sites (N-methyl/N-ethyl adjacent to an activating group) is 1. The minimum atomic E-state index is -0.390. The van der Waals surface area contributed by atoms with Crippen LogP contribution in [-0.4, -0.2) is 73.5 Å². The topological polar surface area (TPSA) is 73.9 Å². The average molecular weight is 403 g/mol. The lowest BCUT2D eigenvalue weighted by molar-refractivity contribution is -0.148. The summed E-state index contributed by atoms with van der Waals surface area (Å²) >= 11 is 0. The summed E-state index contributed by atoms with van der Waals surface area (Å²) < 4.78 is 5.80. The van der Waals surface area contributed by atoms with Crippen molar-refractivity contribution >= 4 is 11.8 Å². The number of rotatable bonds is 9. The first-order valence-electron chi connectivity index (χ1n) is 10.6. The molecule has 0 saturated carbocycles. The van der Waals surface area contributed by atoms with Crippen LogP contribution in [0.4, 0.5) is 0 Å². The molecule has 2 aliphatic rings. The number of fused-ring (bicyclic) bond motifs is 1. The van der Waals surface area contributed by atoms with Gasteiger partial charge < -0.3 is 25.2 Å². The Labute approximate surface area is 173 Å². The molecule has 2 heterocycles. The Morgan fingerprint density at radius 1 is 1.34 bits per heavy atom. The highest BCUT2D eigenvalue weighted by molar-refractivity contribution is 5.97. The van der Waals surface area contributed by atoms with Gasteiger partial charge in [0.15, 0.2) is 0 Å². The van der Waals surface area contributed by atoms with E-state index in [2.05, 4.69) is 21.6 Å². The monoisotopic (exact) mass is 402 g/mol. The van der Waals surface area contributed by atoms with E-state index in [9.17, 15) is 9.59 Å². The first-order chi connectivity index (χ1) is 13.9. The molecule has 2 fully saturated rings. The van der Waals surface area contributed by atoms with Crippen LogP contribution in [0.3, 0.4) is 0 Å². The molecule has 0 bridgehead atoms. The van der Waals surface area contributed by atoms with Crippen LogP contribution >= 0.6 is 0 Å². The van der Waals surface area contributed by atoms with Gasteiger partial charge in [-0.2, -0.15) is 0 Å². The van der Waals surface area contributed by atoms with Crippen molar-refractivity contribution < 1.29 is 14.3 Å². The summed E-state index contributed by atoms with van der Waals surface area (Å²) in [4.78, 5) is 29.2. The van der Waals surface area contributed by atoms with Crippen LogP contribution < -0.4 is 15.4 Å². The minimum absolute atomic E-state index is 0.0181. The van der Waals surface area contributed by atoms with Crippen molar-refractivity contribution in [3.63, 3.8) is 0 Å². The molecule has 0 spiro atoms. The fourth-order valence-corrected chi connectivity index (χ4v) is 3.94. The van der Waals surface area contributed by atoms with Crippen molar-refractivity contribution in [2.75, 3.05) is 33.8 Å². The van der Waals surface area contributed by atoms with Gasteiger partial charge in [-0.15, -0.1) is 0 Å². The standard InChI is InChI=1S/C22H34N4O3/c1-5-15(2)20-22(28)26-14-17(12-19(26)21(27)24-20)23-13-16-7-6-8-18(11-16)29-10-9-25(3)4/h6-8,11,15,17,19-20,23H,5,9-10,12-14H2,1-4H3,(H,24,27)/t15-,17-,19-,20-/m0/s1. The van der Waals surface area contributed by atoms with Gasteiger partial charge in [-0.05, 0) is 44.1 Å². The molecule has 160 valence electrons. The Morgan fingerprint density at radius 3 is 2.86 bits per heavy atom. The molecular formula is C22H34N4O3. The van der Waals surface area contributed by atoms with Crippen LogP contribution in [0.5, 0.6) is 5.75 Å². The third-order valence-electron chi connectivity index (χ3n) is 5.96. The lowest BCUT2D eigenvalue weighted by atomic mass is 9.95. The molecule has 4 atom stereocenters. The molecule has 0 aromatic heterocycles.